The zero-order chi connectivity index (χ0) is 19.6. The van der Waals surface area contributed by atoms with E-state index in [0.29, 0.717) is 11.6 Å². The van der Waals surface area contributed by atoms with E-state index in [0.717, 1.165) is 18.9 Å². The van der Waals surface area contributed by atoms with Crippen molar-refractivity contribution in [2.45, 2.75) is 38.1 Å². The van der Waals surface area contributed by atoms with E-state index in [1.54, 1.807) is 30.3 Å². The lowest BCUT2D eigenvalue weighted by atomic mass is 10.1. The Kier molecular flexibility index (Phi) is 5.16. The van der Waals surface area contributed by atoms with Gasteiger partial charge in [0, 0.05) is 11.6 Å². The molecule has 1 N–H and O–H groups in total. The number of nitrogens with one attached hydrogen (secondary N) is 1. The molecule has 1 aliphatic rings. The summed E-state index contributed by atoms with van der Waals surface area (Å²) in [5, 5.41) is 2.77. The van der Waals surface area contributed by atoms with Gasteiger partial charge in [0.2, 0.25) is 6.10 Å². The number of alkyl halides is 3. The normalized spacial score (nSPS) is 15.1. The Morgan fingerprint density at radius 2 is 1.81 bits per heavy atom. The van der Waals surface area contributed by atoms with E-state index >= 15 is 0 Å². The monoisotopic (exact) mass is 378 g/mol. The highest BCUT2D eigenvalue weighted by atomic mass is 19.4. The van der Waals surface area contributed by atoms with E-state index in [1.807, 2.05) is 0 Å². The minimum absolute atomic E-state index is 0.0666. The number of amides is 1. The average molecular weight is 378 g/mol. The Hall–Kier alpha value is -2.90. The molecule has 1 fully saturated rings. The summed E-state index contributed by atoms with van der Waals surface area (Å²) in [6, 6.07) is 10.2. The lowest BCUT2D eigenvalue weighted by molar-refractivity contribution is -0.141. The number of nitrogens with zero attached hydrogens (tertiary/aromatic N) is 1. The third-order valence-electron chi connectivity index (χ3n) is 4.09. The van der Waals surface area contributed by atoms with Crippen LogP contribution in [0, 0.1) is 6.92 Å². The van der Waals surface area contributed by atoms with Crippen LogP contribution in [0.4, 0.5) is 13.2 Å². The average Bonchev–Trinajstić information content (AvgIpc) is 3.43. The van der Waals surface area contributed by atoms with Crippen LogP contribution >= 0.6 is 0 Å². The fourth-order valence-corrected chi connectivity index (χ4v) is 2.51. The molecule has 8 heteroatoms. The van der Waals surface area contributed by atoms with Gasteiger partial charge in [0.05, 0.1) is 11.3 Å². The van der Waals surface area contributed by atoms with E-state index in [9.17, 15) is 22.8 Å². The SMILES string of the molecule is Cc1nc(C(F)(F)F)ccc1C(=O)O[C@@H](C(=O)NC1CC1)c1ccccc1. The number of ether oxygens (including phenoxy) is 1. The third-order valence-corrected chi connectivity index (χ3v) is 4.09. The lowest BCUT2D eigenvalue weighted by Gasteiger charge is -2.18. The largest absolute Gasteiger partial charge is 0.444 e. The summed E-state index contributed by atoms with van der Waals surface area (Å²) in [5.74, 6) is -1.37. The number of esters is 1. The summed E-state index contributed by atoms with van der Waals surface area (Å²) in [6.07, 6.45) is -4.07. The van der Waals surface area contributed by atoms with Gasteiger partial charge >= 0.3 is 12.1 Å². The maximum Gasteiger partial charge on any atom is 0.433 e. The smallest absolute Gasteiger partial charge is 0.433 e. The van der Waals surface area contributed by atoms with Crippen LogP contribution in [0.5, 0.6) is 0 Å². The number of hydrogen-bond donors (Lipinski definition) is 1. The Bertz CT molecular complexity index is 849. The molecular formula is C19H17F3N2O3. The molecule has 0 saturated heterocycles. The number of aryl methyl sites for hydroxylation is 1. The van der Waals surface area contributed by atoms with Crippen molar-refractivity contribution in [3.8, 4) is 0 Å². The number of carbonyl (C=O) groups excluding carboxylic acids is 2. The van der Waals surface area contributed by atoms with Crippen LogP contribution < -0.4 is 5.32 Å². The van der Waals surface area contributed by atoms with Crippen molar-refractivity contribution < 1.29 is 27.5 Å². The van der Waals surface area contributed by atoms with Crippen LogP contribution in [0.1, 0.15) is 46.3 Å². The van der Waals surface area contributed by atoms with E-state index < -0.39 is 29.9 Å². The molecule has 1 heterocycles. The van der Waals surface area contributed by atoms with E-state index in [4.69, 9.17) is 4.74 Å². The molecule has 0 radical (unpaired) electrons. The number of pyridine rings is 1. The number of benzene rings is 1. The van der Waals surface area contributed by atoms with Crippen molar-refractivity contribution in [1.82, 2.24) is 10.3 Å². The molecule has 1 aromatic heterocycles. The summed E-state index contributed by atoms with van der Waals surface area (Å²) >= 11 is 0. The van der Waals surface area contributed by atoms with Gasteiger partial charge in [-0.05, 0) is 31.9 Å². The first-order valence-electron chi connectivity index (χ1n) is 8.37. The standard InChI is InChI=1S/C19H17F3N2O3/c1-11-14(9-10-15(23-11)19(20,21)22)18(26)27-16(12-5-3-2-4-6-12)17(25)24-13-7-8-13/h2-6,9-10,13,16H,7-8H2,1H3,(H,24,25)/t16-/m1/s1. The van der Waals surface area contributed by atoms with Gasteiger partial charge < -0.3 is 10.1 Å². The molecule has 2 aromatic rings. The number of carbonyl (C=O) groups is 2. The molecule has 27 heavy (non-hydrogen) atoms. The van der Waals surface area contributed by atoms with Gasteiger partial charge in [0.25, 0.3) is 5.91 Å². The zero-order valence-corrected chi connectivity index (χ0v) is 14.4. The van der Waals surface area contributed by atoms with Gasteiger partial charge in [-0.1, -0.05) is 30.3 Å². The molecular weight excluding hydrogens is 361 g/mol. The van der Waals surface area contributed by atoms with Crippen LogP contribution in [-0.2, 0) is 15.7 Å². The first-order valence-corrected chi connectivity index (χ1v) is 8.37. The second-order valence-electron chi connectivity index (χ2n) is 6.31. The van der Waals surface area contributed by atoms with Crippen molar-refractivity contribution in [2.24, 2.45) is 0 Å². The van der Waals surface area contributed by atoms with Crippen molar-refractivity contribution >= 4 is 11.9 Å². The zero-order valence-electron chi connectivity index (χ0n) is 14.4. The molecule has 0 aliphatic heterocycles. The highest BCUT2D eigenvalue weighted by Gasteiger charge is 2.34. The second kappa shape index (κ2) is 7.38. The van der Waals surface area contributed by atoms with Gasteiger partial charge in [0.15, 0.2) is 0 Å². The molecule has 3 rings (SSSR count). The van der Waals surface area contributed by atoms with Crippen LogP contribution in [0.15, 0.2) is 42.5 Å². The lowest BCUT2D eigenvalue weighted by Crippen LogP contribution is -2.33. The quantitative estimate of drug-likeness (QED) is 0.808. The molecule has 0 unspecified atom stereocenters. The minimum atomic E-state index is -4.61. The maximum absolute atomic E-state index is 12.7. The highest BCUT2D eigenvalue weighted by Crippen LogP contribution is 2.29. The van der Waals surface area contributed by atoms with Gasteiger partial charge in [-0.25, -0.2) is 9.78 Å². The number of halogens is 3. The van der Waals surface area contributed by atoms with E-state index in [-0.39, 0.29) is 17.3 Å². The summed E-state index contributed by atoms with van der Waals surface area (Å²) in [6.45, 7) is 1.29. The molecule has 142 valence electrons. The number of aromatic nitrogens is 1. The third kappa shape index (κ3) is 4.64. The minimum Gasteiger partial charge on any atom is -0.444 e. The number of rotatable bonds is 5. The van der Waals surface area contributed by atoms with Crippen molar-refractivity contribution in [2.75, 3.05) is 0 Å². The van der Waals surface area contributed by atoms with Crippen molar-refractivity contribution in [3.63, 3.8) is 0 Å². The van der Waals surface area contributed by atoms with Crippen molar-refractivity contribution in [3.05, 3.63) is 65.0 Å². The molecule has 5 nitrogen and oxygen atoms in total. The fraction of sp³-hybridized carbons (Fsp3) is 0.316. The van der Waals surface area contributed by atoms with E-state index in [2.05, 4.69) is 10.3 Å². The highest BCUT2D eigenvalue weighted by molar-refractivity contribution is 5.93. The molecule has 1 saturated carbocycles. The Balaban J connectivity index is 1.83. The topological polar surface area (TPSA) is 68.3 Å². The molecule has 0 spiro atoms. The van der Waals surface area contributed by atoms with Crippen LogP contribution in [0.3, 0.4) is 0 Å². The predicted molar refractivity (Wildman–Crippen MR) is 89.7 cm³/mol. The predicted octanol–water partition coefficient (Wildman–Crippen LogP) is 3.59. The van der Waals surface area contributed by atoms with Gasteiger partial charge in [0.1, 0.15) is 5.69 Å². The Morgan fingerprint density at radius 3 is 2.37 bits per heavy atom. The fourth-order valence-electron chi connectivity index (χ4n) is 2.51. The summed E-state index contributed by atoms with van der Waals surface area (Å²) in [7, 11) is 0. The van der Waals surface area contributed by atoms with Crippen LogP contribution in [0.25, 0.3) is 0 Å². The maximum atomic E-state index is 12.7. The van der Waals surface area contributed by atoms with E-state index in [1.165, 1.54) is 6.92 Å². The summed E-state index contributed by atoms with van der Waals surface area (Å²) < 4.78 is 43.5. The Morgan fingerprint density at radius 1 is 1.15 bits per heavy atom. The van der Waals surface area contributed by atoms with Crippen LogP contribution in [0.2, 0.25) is 0 Å². The van der Waals surface area contributed by atoms with Gasteiger partial charge in [-0.2, -0.15) is 13.2 Å². The molecule has 1 amide bonds. The Labute approximate surface area is 153 Å². The van der Waals surface area contributed by atoms with Gasteiger partial charge in [-0.3, -0.25) is 4.79 Å². The number of hydrogen-bond acceptors (Lipinski definition) is 4. The second-order valence-corrected chi connectivity index (χ2v) is 6.31. The molecule has 1 atom stereocenters. The van der Waals surface area contributed by atoms with Crippen LogP contribution in [-0.4, -0.2) is 22.9 Å². The molecule has 0 bridgehead atoms. The first kappa shape index (κ1) is 18.9. The van der Waals surface area contributed by atoms with Crippen molar-refractivity contribution in [1.29, 1.82) is 0 Å². The molecule has 1 aliphatic carbocycles. The first-order chi connectivity index (χ1) is 12.8. The summed E-state index contributed by atoms with van der Waals surface area (Å²) in [4.78, 5) is 28.4. The summed E-state index contributed by atoms with van der Waals surface area (Å²) in [5.41, 5.74) is -0.864. The molecule has 1 aromatic carbocycles. The van der Waals surface area contributed by atoms with Gasteiger partial charge in [-0.15, -0.1) is 0 Å².